The van der Waals surface area contributed by atoms with E-state index in [1.807, 2.05) is 0 Å². The zero-order chi connectivity index (χ0) is 18.5. The second-order valence-corrected chi connectivity index (χ2v) is 8.32. The monoisotopic (exact) mass is 369 g/mol. The van der Waals surface area contributed by atoms with Gasteiger partial charge in [0.1, 0.15) is 0 Å². The summed E-state index contributed by atoms with van der Waals surface area (Å²) >= 11 is 0. The summed E-state index contributed by atoms with van der Waals surface area (Å²) in [7, 11) is 0. The Hall–Kier alpha value is -1.59. The van der Waals surface area contributed by atoms with Gasteiger partial charge in [0.2, 0.25) is 0 Å². The molecule has 27 heavy (non-hydrogen) atoms. The maximum atomic E-state index is 4.72. The molecule has 0 bridgehead atoms. The van der Waals surface area contributed by atoms with Gasteiger partial charge in [-0.05, 0) is 36.4 Å². The van der Waals surface area contributed by atoms with Crippen molar-refractivity contribution >= 4 is 5.96 Å². The van der Waals surface area contributed by atoms with E-state index in [2.05, 4.69) is 51.6 Å². The van der Waals surface area contributed by atoms with Crippen LogP contribution in [0.3, 0.4) is 0 Å². The van der Waals surface area contributed by atoms with Crippen molar-refractivity contribution in [1.82, 2.24) is 20.4 Å². The maximum absolute atomic E-state index is 4.72. The van der Waals surface area contributed by atoms with Gasteiger partial charge in [0, 0.05) is 39.3 Å². The van der Waals surface area contributed by atoms with Crippen LogP contribution in [0.25, 0.3) is 0 Å². The summed E-state index contributed by atoms with van der Waals surface area (Å²) in [5.74, 6) is 1.82. The molecule has 1 atom stereocenters. The molecule has 1 aromatic rings. The summed E-state index contributed by atoms with van der Waals surface area (Å²) in [6.45, 7) is 11.0. The molecule has 1 aromatic carbocycles. The molecule has 1 saturated heterocycles. The lowest BCUT2D eigenvalue weighted by Gasteiger charge is -2.34. The van der Waals surface area contributed by atoms with Crippen molar-refractivity contribution in [3.05, 3.63) is 35.4 Å². The zero-order valence-corrected chi connectivity index (χ0v) is 16.8. The maximum Gasteiger partial charge on any atom is 0.191 e. The molecule has 0 radical (unpaired) electrons. The first-order valence-corrected chi connectivity index (χ1v) is 10.9. The van der Waals surface area contributed by atoms with E-state index in [9.17, 15) is 0 Å². The Bertz CT molecular complexity index is 629. The number of nitrogens with one attached hydrogen (secondary N) is 2. The molecule has 5 nitrogen and oxygen atoms in total. The highest BCUT2D eigenvalue weighted by Gasteiger charge is 2.28. The molecule has 0 amide bonds. The van der Waals surface area contributed by atoms with E-state index in [0.29, 0.717) is 6.04 Å². The second kappa shape index (κ2) is 9.07. The third kappa shape index (κ3) is 4.82. The van der Waals surface area contributed by atoms with E-state index in [1.165, 1.54) is 69.5 Å². The second-order valence-electron chi connectivity index (χ2n) is 8.32. The van der Waals surface area contributed by atoms with E-state index in [0.717, 1.165) is 31.5 Å². The number of rotatable bonds is 6. The van der Waals surface area contributed by atoms with Crippen molar-refractivity contribution in [2.75, 3.05) is 39.3 Å². The van der Waals surface area contributed by atoms with Crippen molar-refractivity contribution in [2.45, 2.75) is 51.7 Å². The van der Waals surface area contributed by atoms with Crippen LogP contribution in [-0.4, -0.2) is 61.1 Å². The number of hydrogen-bond donors (Lipinski definition) is 2. The molecule has 2 heterocycles. The van der Waals surface area contributed by atoms with Crippen LogP contribution in [0, 0.1) is 5.92 Å². The van der Waals surface area contributed by atoms with Gasteiger partial charge in [0.15, 0.2) is 5.96 Å². The van der Waals surface area contributed by atoms with Crippen LogP contribution in [0.15, 0.2) is 29.3 Å². The van der Waals surface area contributed by atoms with Gasteiger partial charge in [-0.2, -0.15) is 0 Å². The van der Waals surface area contributed by atoms with E-state index >= 15 is 0 Å². The fourth-order valence-corrected chi connectivity index (χ4v) is 4.76. The lowest BCUT2D eigenvalue weighted by atomic mass is 9.99. The molecule has 5 heteroatoms. The van der Waals surface area contributed by atoms with Crippen molar-refractivity contribution in [3.8, 4) is 0 Å². The van der Waals surface area contributed by atoms with Gasteiger partial charge in [-0.1, -0.05) is 44.0 Å². The summed E-state index contributed by atoms with van der Waals surface area (Å²) in [6, 6.07) is 9.42. The summed E-state index contributed by atoms with van der Waals surface area (Å²) in [6.07, 6.45) is 5.53. The Morgan fingerprint density at radius 1 is 1.04 bits per heavy atom. The molecule has 1 saturated carbocycles. The highest BCUT2D eigenvalue weighted by atomic mass is 15.3. The highest BCUT2D eigenvalue weighted by Crippen LogP contribution is 2.28. The molecule has 1 unspecified atom stereocenters. The molecule has 2 fully saturated rings. The van der Waals surface area contributed by atoms with Crippen LogP contribution in [-0.2, 0) is 13.1 Å². The predicted molar refractivity (Wildman–Crippen MR) is 112 cm³/mol. The van der Waals surface area contributed by atoms with Crippen LogP contribution in [0.1, 0.15) is 43.7 Å². The van der Waals surface area contributed by atoms with Crippen molar-refractivity contribution in [2.24, 2.45) is 10.9 Å². The fraction of sp³-hybridized carbons (Fsp3) is 0.682. The number of benzene rings is 1. The van der Waals surface area contributed by atoms with E-state index < -0.39 is 0 Å². The van der Waals surface area contributed by atoms with Crippen LogP contribution >= 0.6 is 0 Å². The molecule has 0 spiro atoms. The Morgan fingerprint density at radius 3 is 2.48 bits per heavy atom. The summed E-state index contributed by atoms with van der Waals surface area (Å²) in [4.78, 5) is 9.84. The SMILES string of the molecule is CCN1CCN(Cc2ccccc2CNC2=NCC(C3CCCC3)N2)CC1. The fourth-order valence-electron chi connectivity index (χ4n) is 4.76. The standard InChI is InChI=1S/C22H35N5/c1-2-26-11-13-27(14-12-26)17-20-10-6-5-9-19(20)15-23-22-24-16-21(25-22)18-7-3-4-8-18/h5-6,9-10,18,21H,2-4,7-8,11-17H2,1H3,(H2,23,24,25). The minimum absolute atomic E-state index is 0.556. The average Bonchev–Trinajstić information content (AvgIpc) is 3.40. The minimum Gasteiger partial charge on any atom is -0.352 e. The third-order valence-electron chi connectivity index (χ3n) is 6.61. The van der Waals surface area contributed by atoms with Crippen LogP contribution < -0.4 is 10.6 Å². The van der Waals surface area contributed by atoms with Crippen molar-refractivity contribution in [3.63, 3.8) is 0 Å². The number of hydrogen-bond acceptors (Lipinski definition) is 5. The van der Waals surface area contributed by atoms with Crippen molar-refractivity contribution < 1.29 is 0 Å². The molecule has 2 N–H and O–H groups in total. The molecule has 2 aliphatic heterocycles. The molecular weight excluding hydrogens is 334 g/mol. The van der Waals surface area contributed by atoms with Crippen LogP contribution in [0.4, 0.5) is 0 Å². The molecule has 0 aromatic heterocycles. The molecule has 1 aliphatic carbocycles. The summed E-state index contributed by atoms with van der Waals surface area (Å²) in [5, 5.41) is 7.20. The van der Waals surface area contributed by atoms with E-state index in [4.69, 9.17) is 4.99 Å². The Balaban J connectivity index is 1.28. The van der Waals surface area contributed by atoms with Crippen LogP contribution in [0.2, 0.25) is 0 Å². The topological polar surface area (TPSA) is 42.9 Å². The minimum atomic E-state index is 0.556. The number of guanidine groups is 1. The van der Waals surface area contributed by atoms with E-state index in [1.54, 1.807) is 0 Å². The van der Waals surface area contributed by atoms with Gasteiger partial charge < -0.3 is 15.5 Å². The first-order valence-electron chi connectivity index (χ1n) is 10.9. The van der Waals surface area contributed by atoms with Crippen LogP contribution in [0.5, 0.6) is 0 Å². The first-order chi connectivity index (χ1) is 13.3. The normalized spacial score (nSPS) is 24.8. The van der Waals surface area contributed by atoms with E-state index in [-0.39, 0.29) is 0 Å². The number of piperazine rings is 1. The molecule has 3 aliphatic rings. The summed E-state index contributed by atoms with van der Waals surface area (Å²) < 4.78 is 0. The van der Waals surface area contributed by atoms with Gasteiger partial charge in [-0.25, -0.2) is 0 Å². The van der Waals surface area contributed by atoms with Gasteiger partial charge in [0.25, 0.3) is 0 Å². The molecular formula is C22H35N5. The van der Waals surface area contributed by atoms with Gasteiger partial charge in [0.05, 0.1) is 12.6 Å². The zero-order valence-electron chi connectivity index (χ0n) is 16.8. The number of nitrogens with zero attached hydrogens (tertiary/aromatic N) is 3. The Kier molecular flexibility index (Phi) is 6.30. The van der Waals surface area contributed by atoms with Crippen molar-refractivity contribution in [1.29, 1.82) is 0 Å². The third-order valence-corrected chi connectivity index (χ3v) is 6.61. The largest absolute Gasteiger partial charge is 0.352 e. The predicted octanol–water partition coefficient (Wildman–Crippen LogP) is 2.43. The number of aliphatic imine (C=N–C) groups is 1. The highest BCUT2D eigenvalue weighted by molar-refractivity contribution is 5.81. The molecule has 148 valence electrons. The average molecular weight is 370 g/mol. The number of likely N-dealkylation sites (N-methyl/N-ethyl adjacent to an activating group) is 1. The summed E-state index contributed by atoms with van der Waals surface area (Å²) in [5.41, 5.74) is 2.84. The van der Waals surface area contributed by atoms with Gasteiger partial charge >= 0.3 is 0 Å². The Morgan fingerprint density at radius 2 is 1.74 bits per heavy atom. The van der Waals surface area contributed by atoms with Gasteiger partial charge in [-0.15, -0.1) is 0 Å². The molecule has 4 rings (SSSR count). The first kappa shape index (κ1) is 18.8. The Labute approximate surface area is 164 Å². The lowest BCUT2D eigenvalue weighted by molar-refractivity contribution is 0.131. The smallest absolute Gasteiger partial charge is 0.191 e. The lowest BCUT2D eigenvalue weighted by Crippen LogP contribution is -2.45. The van der Waals surface area contributed by atoms with Gasteiger partial charge in [-0.3, -0.25) is 9.89 Å². The quantitative estimate of drug-likeness (QED) is 0.808.